The molecule has 0 spiro atoms. The lowest BCUT2D eigenvalue weighted by Gasteiger charge is -2.35. The van der Waals surface area contributed by atoms with Gasteiger partial charge in [-0.1, -0.05) is 6.42 Å². The van der Waals surface area contributed by atoms with E-state index in [-0.39, 0.29) is 12.0 Å². The van der Waals surface area contributed by atoms with E-state index in [1.807, 2.05) is 36.9 Å². The molecular formula is C22H29N3O4. The lowest BCUT2D eigenvalue weighted by atomic mass is 9.98. The molecule has 0 aliphatic carbocycles. The second-order valence-electron chi connectivity index (χ2n) is 7.66. The first-order valence-electron chi connectivity index (χ1n) is 10.5. The van der Waals surface area contributed by atoms with Gasteiger partial charge in [0.15, 0.2) is 11.5 Å². The van der Waals surface area contributed by atoms with E-state index in [4.69, 9.17) is 19.3 Å². The molecule has 156 valence electrons. The number of esters is 1. The summed E-state index contributed by atoms with van der Waals surface area (Å²) >= 11 is 0. The summed E-state index contributed by atoms with van der Waals surface area (Å²) in [5.74, 6) is 1.44. The van der Waals surface area contributed by atoms with Crippen LogP contribution in [0.2, 0.25) is 0 Å². The summed E-state index contributed by atoms with van der Waals surface area (Å²) in [5.41, 5.74) is 3.12. The molecule has 0 radical (unpaired) electrons. The Morgan fingerprint density at radius 3 is 2.90 bits per heavy atom. The van der Waals surface area contributed by atoms with Crippen molar-refractivity contribution in [3.05, 3.63) is 30.0 Å². The van der Waals surface area contributed by atoms with Crippen molar-refractivity contribution in [3.8, 4) is 22.8 Å². The van der Waals surface area contributed by atoms with Crippen LogP contribution in [0.4, 0.5) is 0 Å². The van der Waals surface area contributed by atoms with Crippen molar-refractivity contribution in [2.45, 2.75) is 45.2 Å². The van der Waals surface area contributed by atoms with Crippen LogP contribution in [0.25, 0.3) is 11.3 Å². The summed E-state index contributed by atoms with van der Waals surface area (Å²) in [5, 5.41) is 4.71. The Balaban J connectivity index is 1.55. The molecule has 0 N–H and O–H groups in total. The number of aryl methyl sites for hydroxylation is 1. The van der Waals surface area contributed by atoms with Crippen LogP contribution in [-0.2, 0) is 23.1 Å². The van der Waals surface area contributed by atoms with E-state index in [0.717, 1.165) is 60.7 Å². The van der Waals surface area contributed by atoms with Crippen LogP contribution in [0.1, 0.15) is 38.2 Å². The van der Waals surface area contributed by atoms with Gasteiger partial charge in [-0.2, -0.15) is 5.10 Å². The Hall–Kier alpha value is -2.54. The van der Waals surface area contributed by atoms with Gasteiger partial charge in [0.25, 0.3) is 0 Å². The lowest BCUT2D eigenvalue weighted by Crippen LogP contribution is -2.40. The third-order valence-corrected chi connectivity index (χ3v) is 5.55. The van der Waals surface area contributed by atoms with Gasteiger partial charge in [-0.25, -0.2) is 0 Å². The highest BCUT2D eigenvalue weighted by molar-refractivity contribution is 5.70. The number of hydrogen-bond acceptors (Lipinski definition) is 6. The number of carbonyl (C=O) groups excluding carboxylic acids is 1. The summed E-state index contributed by atoms with van der Waals surface area (Å²) < 4.78 is 18.4. The van der Waals surface area contributed by atoms with Gasteiger partial charge < -0.3 is 14.2 Å². The van der Waals surface area contributed by atoms with Crippen molar-refractivity contribution in [2.24, 2.45) is 7.05 Å². The second-order valence-corrected chi connectivity index (χ2v) is 7.66. The molecule has 0 saturated carbocycles. The van der Waals surface area contributed by atoms with Crippen LogP contribution in [0.15, 0.2) is 24.4 Å². The van der Waals surface area contributed by atoms with E-state index in [1.165, 1.54) is 0 Å². The molecule has 0 bridgehead atoms. The van der Waals surface area contributed by atoms with Crippen molar-refractivity contribution >= 4 is 5.97 Å². The van der Waals surface area contributed by atoms with E-state index in [0.29, 0.717) is 26.2 Å². The fourth-order valence-electron chi connectivity index (χ4n) is 4.22. The maximum Gasteiger partial charge on any atom is 0.307 e. The van der Waals surface area contributed by atoms with E-state index in [2.05, 4.69) is 11.1 Å². The zero-order valence-electron chi connectivity index (χ0n) is 17.2. The summed E-state index contributed by atoms with van der Waals surface area (Å²) in [4.78, 5) is 14.4. The van der Waals surface area contributed by atoms with Crippen molar-refractivity contribution in [2.75, 3.05) is 26.4 Å². The van der Waals surface area contributed by atoms with Gasteiger partial charge in [0, 0.05) is 37.0 Å². The molecule has 2 aromatic rings. The van der Waals surface area contributed by atoms with E-state index >= 15 is 0 Å². The Labute approximate surface area is 171 Å². The molecule has 1 atom stereocenters. The van der Waals surface area contributed by atoms with Crippen LogP contribution in [0.3, 0.4) is 0 Å². The largest absolute Gasteiger partial charge is 0.486 e. The molecular weight excluding hydrogens is 370 g/mol. The van der Waals surface area contributed by atoms with Gasteiger partial charge >= 0.3 is 5.97 Å². The fraction of sp³-hybridized carbons (Fsp3) is 0.545. The molecule has 0 unspecified atom stereocenters. The van der Waals surface area contributed by atoms with Crippen molar-refractivity contribution in [1.82, 2.24) is 14.7 Å². The van der Waals surface area contributed by atoms with Gasteiger partial charge in [0.2, 0.25) is 0 Å². The highest BCUT2D eigenvalue weighted by Crippen LogP contribution is 2.35. The Bertz CT molecular complexity index is 864. The number of rotatable bonds is 6. The first-order valence-corrected chi connectivity index (χ1v) is 10.5. The molecule has 0 amide bonds. The molecule has 4 rings (SSSR count). The Kier molecular flexibility index (Phi) is 6.04. The van der Waals surface area contributed by atoms with E-state index in [9.17, 15) is 4.79 Å². The summed E-state index contributed by atoms with van der Waals surface area (Å²) in [6.45, 7) is 5.18. The molecule has 2 aliphatic heterocycles. The zero-order chi connectivity index (χ0) is 20.2. The fourth-order valence-corrected chi connectivity index (χ4v) is 4.22. The molecule has 1 saturated heterocycles. The quantitative estimate of drug-likeness (QED) is 0.695. The normalized spacial score (nSPS) is 19.2. The third kappa shape index (κ3) is 4.56. The van der Waals surface area contributed by atoms with Gasteiger partial charge in [-0.05, 0) is 44.5 Å². The maximum atomic E-state index is 12.0. The molecule has 1 aromatic carbocycles. The monoisotopic (exact) mass is 399 g/mol. The zero-order valence-corrected chi connectivity index (χ0v) is 17.2. The van der Waals surface area contributed by atoms with Crippen LogP contribution < -0.4 is 9.47 Å². The molecule has 7 nitrogen and oxygen atoms in total. The topological polar surface area (TPSA) is 65.8 Å². The second kappa shape index (κ2) is 8.86. The predicted octanol–water partition coefficient (Wildman–Crippen LogP) is 3.17. The number of benzene rings is 1. The van der Waals surface area contributed by atoms with Gasteiger partial charge in [-0.15, -0.1) is 0 Å². The molecule has 3 heterocycles. The van der Waals surface area contributed by atoms with E-state index < -0.39 is 0 Å². The lowest BCUT2D eigenvalue weighted by molar-refractivity contribution is -0.145. The first-order chi connectivity index (χ1) is 14.1. The summed E-state index contributed by atoms with van der Waals surface area (Å²) in [6.07, 6.45) is 5.86. The minimum Gasteiger partial charge on any atom is -0.486 e. The highest BCUT2D eigenvalue weighted by Gasteiger charge is 2.27. The van der Waals surface area contributed by atoms with Crippen molar-refractivity contribution in [1.29, 1.82) is 0 Å². The van der Waals surface area contributed by atoms with Crippen LogP contribution in [0.5, 0.6) is 11.5 Å². The van der Waals surface area contributed by atoms with Crippen molar-refractivity contribution < 1.29 is 19.0 Å². The number of aromatic nitrogens is 2. The number of likely N-dealkylation sites (tertiary alicyclic amines) is 1. The Morgan fingerprint density at radius 1 is 1.24 bits per heavy atom. The number of fused-ring (bicyclic) bond motifs is 1. The number of piperidine rings is 1. The average molecular weight is 399 g/mol. The molecule has 1 fully saturated rings. The Morgan fingerprint density at radius 2 is 2.07 bits per heavy atom. The van der Waals surface area contributed by atoms with Crippen molar-refractivity contribution in [3.63, 3.8) is 0 Å². The predicted molar refractivity (Wildman–Crippen MR) is 109 cm³/mol. The average Bonchev–Trinajstić information content (AvgIpc) is 3.09. The van der Waals surface area contributed by atoms with Gasteiger partial charge in [0.1, 0.15) is 13.2 Å². The molecule has 7 heteroatoms. The standard InChI is InChI=1S/C22H29N3O4/c1-3-27-21(26)13-18-6-4-5-9-25(18)15-17-14-24(2)23-22(17)16-7-8-19-20(12-16)29-11-10-28-19/h7-8,12,14,18H,3-6,9-11,13,15H2,1-2H3/t18-/m0/s1. The van der Waals surface area contributed by atoms with Crippen LogP contribution in [-0.4, -0.2) is 53.1 Å². The van der Waals surface area contributed by atoms with Crippen LogP contribution in [0, 0.1) is 0 Å². The molecule has 1 aromatic heterocycles. The molecule has 29 heavy (non-hydrogen) atoms. The molecule has 2 aliphatic rings. The minimum absolute atomic E-state index is 0.109. The maximum absolute atomic E-state index is 12.0. The summed E-state index contributed by atoms with van der Waals surface area (Å²) in [7, 11) is 1.94. The van der Waals surface area contributed by atoms with Crippen LogP contribution >= 0.6 is 0 Å². The number of nitrogens with zero attached hydrogens (tertiary/aromatic N) is 3. The van der Waals surface area contributed by atoms with Gasteiger partial charge in [0.05, 0.1) is 18.7 Å². The highest BCUT2D eigenvalue weighted by atomic mass is 16.6. The SMILES string of the molecule is CCOC(=O)C[C@@H]1CCCCN1Cc1cn(C)nc1-c1ccc2c(c1)OCCO2. The number of hydrogen-bond donors (Lipinski definition) is 0. The minimum atomic E-state index is -0.109. The van der Waals surface area contributed by atoms with Gasteiger partial charge in [-0.3, -0.25) is 14.4 Å². The number of ether oxygens (including phenoxy) is 3. The number of carbonyl (C=O) groups is 1. The van der Waals surface area contributed by atoms with E-state index in [1.54, 1.807) is 0 Å². The summed E-state index contributed by atoms with van der Waals surface area (Å²) in [6, 6.07) is 6.21. The smallest absolute Gasteiger partial charge is 0.307 e. The first kappa shape index (κ1) is 19.8. The third-order valence-electron chi connectivity index (χ3n) is 5.55.